The van der Waals surface area contributed by atoms with Crippen molar-refractivity contribution in [3.63, 3.8) is 0 Å². The lowest BCUT2D eigenvalue weighted by atomic mass is 10.1. The molecule has 0 aliphatic heterocycles. The largest absolute Gasteiger partial charge is 0.505 e. The fourth-order valence-corrected chi connectivity index (χ4v) is 2.23. The minimum atomic E-state index is -0.385. The number of primary amides is 1. The van der Waals surface area contributed by atoms with Crippen LogP contribution >= 0.6 is 11.6 Å². The summed E-state index contributed by atoms with van der Waals surface area (Å²) in [5.74, 6) is -0.241. The fraction of sp³-hybridized carbons (Fsp3) is 0.188. The van der Waals surface area contributed by atoms with Crippen molar-refractivity contribution in [2.24, 2.45) is 5.73 Å². The number of phenolic OH excluding ortho intramolecular Hbond substituents is 1. The molecule has 1 amide bonds. The number of rotatable bonds is 6. The summed E-state index contributed by atoms with van der Waals surface area (Å²) in [5, 5.41) is 14.0. The Balaban J connectivity index is 2.08. The molecule has 0 spiro atoms. The first-order chi connectivity index (χ1) is 10.1. The van der Waals surface area contributed by atoms with E-state index < -0.39 is 0 Å². The summed E-state index contributed by atoms with van der Waals surface area (Å²) in [6.07, 6.45) is 0.629. The summed E-state index contributed by atoms with van der Waals surface area (Å²) < 4.78 is 0. The smallest absolute Gasteiger partial charge is 0.217 e. The molecule has 0 radical (unpaired) electrons. The van der Waals surface area contributed by atoms with Gasteiger partial charge in [0.05, 0.1) is 5.69 Å². The average Bonchev–Trinajstić information content (AvgIpc) is 2.46. The molecule has 4 nitrogen and oxygen atoms in total. The van der Waals surface area contributed by atoms with E-state index >= 15 is 0 Å². The summed E-state index contributed by atoms with van der Waals surface area (Å²) in [7, 11) is 0. The Kier molecular flexibility index (Phi) is 5.06. The van der Waals surface area contributed by atoms with E-state index in [2.05, 4.69) is 5.32 Å². The molecule has 0 heterocycles. The first-order valence-corrected chi connectivity index (χ1v) is 7.02. The normalized spacial score (nSPS) is 10.3. The number of amides is 1. The number of hydrogen-bond acceptors (Lipinski definition) is 3. The number of hydrogen-bond donors (Lipinski definition) is 3. The Morgan fingerprint density at radius 3 is 2.57 bits per heavy atom. The second-order valence-electron chi connectivity index (χ2n) is 4.72. The molecule has 0 unspecified atom stereocenters. The average molecular weight is 305 g/mol. The molecule has 5 heteroatoms. The van der Waals surface area contributed by atoms with E-state index in [1.165, 1.54) is 0 Å². The van der Waals surface area contributed by atoms with Gasteiger partial charge < -0.3 is 16.2 Å². The van der Waals surface area contributed by atoms with Gasteiger partial charge in [0.25, 0.3) is 0 Å². The molecule has 0 aliphatic carbocycles. The van der Waals surface area contributed by atoms with Crippen molar-refractivity contribution in [3.8, 4) is 5.75 Å². The molecule has 110 valence electrons. The van der Waals surface area contributed by atoms with E-state index in [1.807, 2.05) is 30.3 Å². The number of aryl methyl sites for hydroxylation is 1. The van der Waals surface area contributed by atoms with Gasteiger partial charge in [0.15, 0.2) is 0 Å². The molecule has 0 aliphatic rings. The molecule has 2 rings (SSSR count). The maximum absolute atomic E-state index is 10.8. The van der Waals surface area contributed by atoms with Gasteiger partial charge in [0.2, 0.25) is 5.91 Å². The number of carbonyl (C=O) groups excluding carboxylic acids is 1. The van der Waals surface area contributed by atoms with E-state index in [-0.39, 0.29) is 18.1 Å². The van der Waals surface area contributed by atoms with Gasteiger partial charge in [-0.25, -0.2) is 0 Å². The number of halogens is 1. The third kappa shape index (κ3) is 4.13. The lowest BCUT2D eigenvalue weighted by Crippen LogP contribution is -2.11. The van der Waals surface area contributed by atoms with E-state index in [0.717, 1.165) is 5.56 Å². The minimum absolute atomic E-state index is 0.144. The molecule has 0 atom stereocenters. The summed E-state index contributed by atoms with van der Waals surface area (Å²) in [4.78, 5) is 10.8. The lowest BCUT2D eigenvalue weighted by Gasteiger charge is -2.12. The van der Waals surface area contributed by atoms with Crippen LogP contribution in [-0.2, 0) is 17.8 Å². The molecule has 2 aromatic carbocycles. The molecule has 2 aromatic rings. The van der Waals surface area contributed by atoms with Crippen LogP contribution in [0.2, 0.25) is 5.02 Å². The van der Waals surface area contributed by atoms with Crippen molar-refractivity contribution < 1.29 is 9.90 Å². The molecule has 0 aromatic heterocycles. The molecular formula is C16H17ClN2O2. The number of aromatic hydroxyl groups is 1. The predicted molar refractivity (Wildman–Crippen MR) is 84.4 cm³/mol. The number of phenols is 1. The van der Waals surface area contributed by atoms with Crippen molar-refractivity contribution in [3.05, 3.63) is 58.6 Å². The third-order valence-electron chi connectivity index (χ3n) is 3.19. The van der Waals surface area contributed by atoms with Gasteiger partial charge in [0.1, 0.15) is 5.75 Å². The third-order valence-corrected chi connectivity index (χ3v) is 3.56. The maximum Gasteiger partial charge on any atom is 0.217 e. The van der Waals surface area contributed by atoms with Crippen molar-refractivity contribution in [1.82, 2.24) is 0 Å². The van der Waals surface area contributed by atoms with Crippen LogP contribution in [0.25, 0.3) is 0 Å². The second-order valence-corrected chi connectivity index (χ2v) is 5.13. The highest BCUT2D eigenvalue weighted by Gasteiger charge is 2.08. The Morgan fingerprint density at radius 2 is 1.86 bits per heavy atom. The number of nitrogens with one attached hydrogen (secondary N) is 1. The Morgan fingerprint density at radius 1 is 1.14 bits per heavy atom. The van der Waals surface area contributed by atoms with Crippen molar-refractivity contribution in [2.45, 2.75) is 19.4 Å². The highest BCUT2D eigenvalue weighted by atomic mass is 35.5. The van der Waals surface area contributed by atoms with E-state index in [9.17, 15) is 9.90 Å². The van der Waals surface area contributed by atoms with Gasteiger partial charge in [-0.3, -0.25) is 4.79 Å². The number of benzene rings is 2. The standard InChI is InChI=1S/C16H17ClN2O2/c17-13-6-2-1-4-12(13)10-19-14-7-3-5-11(16(14)21)8-9-15(18)20/h1-7,19,21H,8-10H2,(H2,18,20). The molecule has 0 fully saturated rings. The van der Waals surface area contributed by atoms with Crippen LogP contribution in [-0.4, -0.2) is 11.0 Å². The van der Waals surface area contributed by atoms with E-state index in [1.54, 1.807) is 12.1 Å². The lowest BCUT2D eigenvalue weighted by molar-refractivity contribution is -0.117. The van der Waals surface area contributed by atoms with E-state index in [0.29, 0.717) is 29.2 Å². The zero-order valence-corrected chi connectivity index (χ0v) is 12.2. The zero-order valence-electron chi connectivity index (χ0n) is 11.5. The Hall–Kier alpha value is -2.20. The predicted octanol–water partition coefficient (Wildman–Crippen LogP) is 3.08. The second kappa shape index (κ2) is 6.99. The highest BCUT2D eigenvalue weighted by Crippen LogP contribution is 2.29. The number of para-hydroxylation sites is 1. The highest BCUT2D eigenvalue weighted by molar-refractivity contribution is 6.31. The van der Waals surface area contributed by atoms with Gasteiger partial charge in [-0.1, -0.05) is 41.9 Å². The van der Waals surface area contributed by atoms with Crippen LogP contribution in [0.4, 0.5) is 5.69 Å². The number of nitrogens with two attached hydrogens (primary N) is 1. The van der Waals surface area contributed by atoms with Crippen LogP contribution in [0.15, 0.2) is 42.5 Å². The SMILES string of the molecule is NC(=O)CCc1cccc(NCc2ccccc2Cl)c1O. The minimum Gasteiger partial charge on any atom is -0.505 e. The summed E-state index contributed by atoms with van der Waals surface area (Å²) in [6.45, 7) is 0.506. The molecular weight excluding hydrogens is 288 g/mol. The Labute approximate surface area is 128 Å². The molecule has 21 heavy (non-hydrogen) atoms. The Bertz CT molecular complexity index is 644. The topological polar surface area (TPSA) is 75.4 Å². The molecule has 0 saturated heterocycles. The van der Waals surface area contributed by atoms with Gasteiger partial charge in [-0.2, -0.15) is 0 Å². The van der Waals surface area contributed by atoms with Crippen LogP contribution in [0.1, 0.15) is 17.5 Å². The summed E-state index contributed by atoms with van der Waals surface area (Å²) in [6, 6.07) is 12.9. The van der Waals surface area contributed by atoms with Crippen LogP contribution in [0, 0.1) is 0 Å². The van der Waals surface area contributed by atoms with Gasteiger partial charge in [-0.05, 0) is 29.7 Å². The fourth-order valence-electron chi connectivity index (χ4n) is 2.03. The van der Waals surface area contributed by atoms with Crippen LogP contribution in [0.3, 0.4) is 0 Å². The zero-order chi connectivity index (χ0) is 15.2. The van der Waals surface area contributed by atoms with Crippen molar-refractivity contribution >= 4 is 23.2 Å². The van der Waals surface area contributed by atoms with Gasteiger partial charge in [-0.15, -0.1) is 0 Å². The summed E-state index contributed by atoms with van der Waals surface area (Å²) >= 11 is 6.09. The van der Waals surface area contributed by atoms with Gasteiger partial charge >= 0.3 is 0 Å². The van der Waals surface area contributed by atoms with Crippen molar-refractivity contribution in [2.75, 3.05) is 5.32 Å². The summed E-state index contributed by atoms with van der Waals surface area (Å²) in [5.41, 5.74) is 7.38. The first-order valence-electron chi connectivity index (χ1n) is 6.64. The quantitative estimate of drug-likeness (QED) is 0.718. The van der Waals surface area contributed by atoms with Crippen LogP contribution < -0.4 is 11.1 Å². The van der Waals surface area contributed by atoms with Crippen molar-refractivity contribution in [1.29, 1.82) is 0 Å². The first kappa shape index (κ1) is 15.2. The van der Waals surface area contributed by atoms with Crippen LogP contribution in [0.5, 0.6) is 5.75 Å². The monoisotopic (exact) mass is 304 g/mol. The molecule has 0 bridgehead atoms. The maximum atomic E-state index is 10.8. The van der Waals surface area contributed by atoms with E-state index in [4.69, 9.17) is 17.3 Å². The molecule has 0 saturated carbocycles. The number of carbonyl (C=O) groups is 1. The molecule has 4 N–H and O–H groups in total. The number of anilines is 1. The van der Waals surface area contributed by atoms with Gasteiger partial charge in [0, 0.05) is 18.0 Å².